The average Bonchev–Trinajstić information content (AvgIpc) is 2.55. The normalized spacial score (nSPS) is 10.6. The lowest BCUT2D eigenvalue weighted by Gasteiger charge is -1.97. The number of hydrogen-bond donors (Lipinski definition) is 0. The molecule has 1 aromatic heterocycles. The maximum Gasteiger partial charge on any atom is 0.342 e. The first-order valence-electron chi connectivity index (χ1n) is 4.41. The number of benzene rings is 1. The zero-order chi connectivity index (χ0) is 11.0. The molecule has 2 rings (SSSR count). The molecule has 0 fully saturated rings. The molecule has 0 unspecified atom stereocenters. The Balaban J connectivity index is 2.82. The number of fused-ring (bicyclic) bond motifs is 1. The van der Waals surface area contributed by atoms with Crippen molar-refractivity contribution < 1.29 is 18.3 Å². The summed E-state index contributed by atoms with van der Waals surface area (Å²) in [5.74, 6) is -0.706. The molecule has 4 heteroatoms. The molecule has 0 spiro atoms. The van der Waals surface area contributed by atoms with Crippen molar-refractivity contribution in [2.24, 2.45) is 0 Å². The van der Waals surface area contributed by atoms with Gasteiger partial charge < -0.3 is 9.15 Å². The van der Waals surface area contributed by atoms with Gasteiger partial charge >= 0.3 is 5.97 Å². The molecule has 0 aliphatic carbocycles. The highest BCUT2D eigenvalue weighted by molar-refractivity contribution is 6.04. The van der Waals surface area contributed by atoms with Crippen LogP contribution in [-0.2, 0) is 4.74 Å². The summed E-state index contributed by atoms with van der Waals surface area (Å²) >= 11 is 0. The Morgan fingerprint density at radius 2 is 2.20 bits per heavy atom. The van der Waals surface area contributed by atoms with E-state index in [1.54, 1.807) is 13.0 Å². The van der Waals surface area contributed by atoms with Crippen LogP contribution < -0.4 is 0 Å². The van der Waals surface area contributed by atoms with Crippen molar-refractivity contribution in [2.75, 3.05) is 7.11 Å². The number of ether oxygens (including phenoxy) is 1. The number of hydrogen-bond acceptors (Lipinski definition) is 3. The summed E-state index contributed by atoms with van der Waals surface area (Å²) in [5.41, 5.74) is 0.513. The van der Waals surface area contributed by atoms with Crippen molar-refractivity contribution in [3.63, 3.8) is 0 Å². The maximum absolute atomic E-state index is 13.5. The smallest absolute Gasteiger partial charge is 0.342 e. The Kier molecular flexibility index (Phi) is 2.19. The van der Waals surface area contributed by atoms with Gasteiger partial charge in [0.05, 0.1) is 12.5 Å². The molecule has 0 aliphatic rings. The number of carbonyl (C=O) groups excluding carboxylic acids is 1. The Bertz CT molecular complexity index is 528. The van der Waals surface area contributed by atoms with Gasteiger partial charge in [-0.15, -0.1) is 0 Å². The van der Waals surface area contributed by atoms with Crippen LogP contribution in [0.2, 0.25) is 0 Å². The van der Waals surface area contributed by atoms with Gasteiger partial charge in [-0.2, -0.15) is 0 Å². The van der Waals surface area contributed by atoms with Crippen molar-refractivity contribution >= 4 is 16.9 Å². The first-order valence-corrected chi connectivity index (χ1v) is 4.41. The molecule has 1 aromatic carbocycles. The maximum atomic E-state index is 13.5. The number of esters is 1. The second-order valence-corrected chi connectivity index (χ2v) is 3.14. The summed E-state index contributed by atoms with van der Waals surface area (Å²) in [6.07, 6.45) is 0. The largest absolute Gasteiger partial charge is 0.465 e. The zero-order valence-electron chi connectivity index (χ0n) is 8.33. The van der Waals surface area contributed by atoms with E-state index in [-0.39, 0.29) is 10.9 Å². The lowest BCUT2D eigenvalue weighted by Crippen LogP contribution is -2.02. The molecule has 0 saturated carbocycles. The van der Waals surface area contributed by atoms with E-state index < -0.39 is 11.8 Å². The van der Waals surface area contributed by atoms with Gasteiger partial charge in [0.1, 0.15) is 22.7 Å². The van der Waals surface area contributed by atoms with E-state index in [0.29, 0.717) is 11.3 Å². The minimum atomic E-state index is -0.587. The van der Waals surface area contributed by atoms with Crippen molar-refractivity contribution in [3.8, 4) is 0 Å². The zero-order valence-corrected chi connectivity index (χ0v) is 8.33. The molecule has 0 bridgehead atoms. The third-order valence-corrected chi connectivity index (χ3v) is 2.23. The van der Waals surface area contributed by atoms with Crippen molar-refractivity contribution in [1.82, 2.24) is 0 Å². The van der Waals surface area contributed by atoms with Crippen LogP contribution in [0, 0.1) is 12.7 Å². The summed E-state index contributed by atoms with van der Waals surface area (Å²) in [4.78, 5) is 11.4. The van der Waals surface area contributed by atoms with Crippen LogP contribution >= 0.6 is 0 Å². The molecular formula is C11H9FO3. The number of halogens is 1. The summed E-state index contributed by atoms with van der Waals surface area (Å²) in [6, 6.07) is 4.42. The summed E-state index contributed by atoms with van der Waals surface area (Å²) < 4.78 is 23.3. The van der Waals surface area contributed by atoms with Gasteiger partial charge in [-0.3, -0.25) is 0 Å². The molecule has 15 heavy (non-hydrogen) atoms. The molecule has 0 N–H and O–H groups in total. The van der Waals surface area contributed by atoms with Crippen molar-refractivity contribution in [1.29, 1.82) is 0 Å². The molecule has 0 amide bonds. The fourth-order valence-corrected chi connectivity index (χ4v) is 1.57. The second-order valence-electron chi connectivity index (χ2n) is 3.14. The summed E-state index contributed by atoms with van der Waals surface area (Å²) in [5, 5.41) is 0.182. The lowest BCUT2D eigenvalue weighted by molar-refractivity contribution is 0.0600. The molecule has 0 aliphatic heterocycles. The van der Waals surface area contributed by atoms with Gasteiger partial charge in [0.25, 0.3) is 0 Å². The number of carbonyl (C=O) groups is 1. The summed E-state index contributed by atoms with van der Waals surface area (Å²) in [6.45, 7) is 1.60. The highest BCUT2D eigenvalue weighted by atomic mass is 19.1. The van der Waals surface area contributed by atoms with Gasteiger partial charge in [-0.25, -0.2) is 9.18 Å². The third kappa shape index (κ3) is 1.38. The predicted molar refractivity (Wildman–Crippen MR) is 52.2 cm³/mol. The van der Waals surface area contributed by atoms with Gasteiger partial charge in [0.15, 0.2) is 0 Å². The van der Waals surface area contributed by atoms with Crippen molar-refractivity contribution in [3.05, 3.63) is 35.3 Å². The van der Waals surface area contributed by atoms with E-state index in [4.69, 9.17) is 4.42 Å². The standard InChI is InChI=1S/C11H9FO3/c1-6-9(11(13)14-2)10-7(12)4-3-5-8(10)15-6/h3-5H,1-2H3. The van der Waals surface area contributed by atoms with Crippen LogP contribution in [-0.4, -0.2) is 13.1 Å². The van der Waals surface area contributed by atoms with Crippen LogP contribution in [0.3, 0.4) is 0 Å². The van der Waals surface area contributed by atoms with E-state index >= 15 is 0 Å². The minimum absolute atomic E-state index is 0.158. The Hall–Kier alpha value is -1.84. The fraction of sp³-hybridized carbons (Fsp3) is 0.182. The van der Waals surface area contributed by atoms with E-state index in [9.17, 15) is 9.18 Å². The predicted octanol–water partition coefficient (Wildman–Crippen LogP) is 2.67. The minimum Gasteiger partial charge on any atom is -0.465 e. The van der Waals surface area contributed by atoms with Gasteiger partial charge in [0, 0.05) is 0 Å². The average molecular weight is 208 g/mol. The third-order valence-electron chi connectivity index (χ3n) is 2.23. The first kappa shape index (κ1) is 9.71. The Morgan fingerprint density at radius 1 is 1.47 bits per heavy atom. The van der Waals surface area contributed by atoms with Gasteiger partial charge in [0.2, 0.25) is 0 Å². The topological polar surface area (TPSA) is 39.4 Å². The van der Waals surface area contributed by atoms with E-state index in [2.05, 4.69) is 4.74 Å². The van der Waals surface area contributed by atoms with Crippen LogP contribution in [0.1, 0.15) is 16.1 Å². The van der Waals surface area contributed by atoms with E-state index in [1.807, 2.05) is 0 Å². The molecule has 0 saturated heterocycles. The molecular weight excluding hydrogens is 199 g/mol. The Morgan fingerprint density at radius 3 is 2.87 bits per heavy atom. The monoisotopic (exact) mass is 208 g/mol. The number of rotatable bonds is 1. The van der Waals surface area contributed by atoms with E-state index in [1.165, 1.54) is 19.2 Å². The SMILES string of the molecule is COC(=O)c1c(C)oc2cccc(F)c12. The Labute approximate surface area is 85.4 Å². The molecule has 3 nitrogen and oxygen atoms in total. The van der Waals surface area contributed by atoms with E-state index in [0.717, 1.165) is 0 Å². The van der Waals surface area contributed by atoms with Crippen LogP contribution in [0.25, 0.3) is 11.0 Å². The number of aryl methyl sites for hydroxylation is 1. The number of methoxy groups -OCH3 is 1. The first-order chi connectivity index (χ1) is 7.15. The van der Waals surface area contributed by atoms with Gasteiger partial charge in [-0.1, -0.05) is 6.07 Å². The van der Waals surface area contributed by atoms with Crippen LogP contribution in [0.15, 0.2) is 22.6 Å². The molecule has 2 aromatic rings. The van der Waals surface area contributed by atoms with Crippen LogP contribution in [0.5, 0.6) is 0 Å². The highest BCUT2D eigenvalue weighted by Gasteiger charge is 2.21. The fourth-order valence-electron chi connectivity index (χ4n) is 1.57. The number of furan rings is 1. The highest BCUT2D eigenvalue weighted by Crippen LogP contribution is 2.28. The molecule has 78 valence electrons. The molecule has 0 atom stereocenters. The summed E-state index contributed by atoms with van der Waals surface area (Å²) in [7, 11) is 1.25. The molecule has 0 radical (unpaired) electrons. The lowest BCUT2D eigenvalue weighted by atomic mass is 10.1. The van der Waals surface area contributed by atoms with Gasteiger partial charge in [-0.05, 0) is 19.1 Å². The quantitative estimate of drug-likeness (QED) is 0.676. The van der Waals surface area contributed by atoms with Crippen LogP contribution in [0.4, 0.5) is 4.39 Å². The second kappa shape index (κ2) is 3.38. The van der Waals surface area contributed by atoms with Crippen molar-refractivity contribution in [2.45, 2.75) is 6.92 Å². The molecule has 1 heterocycles.